The van der Waals surface area contributed by atoms with Crippen molar-refractivity contribution in [2.24, 2.45) is 0 Å². The van der Waals surface area contributed by atoms with Gasteiger partial charge in [-0.1, -0.05) is 6.42 Å². The highest BCUT2D eigenvalue weighted by Crippen LogP contribution is 2.20. The number of thioether (sulfide) groups is 1. The van der Waals surface area contributed by atoms with Gasteiger partial charge in [-0.3, -0.25) is 0 Å². The highest BCUT2D eigenvalue weighted by atomic mass is 32.2. The highest BCUT2D eigenvalue weighted by molar-refractivity contribution is 7.99. The Bertz CT molecular complexity index is 270. The van der Waals surface area contributed by atoms with Crippen LogP contribution in [0.15, 0.2) is 17.4 Å². The second-order valence-electron chi connectivity index (χ2n) is 2.88. The van der Waals surface area contributed by atoms with E-state index in [4.69, 9.17) is 10.8 Å². The molecule has 0 atom stereocenters. The van der Waals surface area contributed by atoms with Crippen molar-refractivity contribution in [1.82, 2.24) is 9.97 Å². The summed E-state index contributed by atoms with van der Waals surface area (Å²) >= 11 is 1.62. The summed E-state index contributed by atoms with van der Waals surface area (Å²) in [5, 5.41) is 9.38. The zero-order valence-electron chi connectivity index (χ0n) is 8.02. The van der Waals surface area contributed by atoms with Crippen LogP contribution in [0.1, 0.15) is 19.3 Å². The molecule has 0 radical (unpaired) electrons. The van der Waals surface area contributed by atoms with Crippen molar-refractivity contribution >= 4 is 17.6 Å². The molecule has 1 rings (SSSR count). The number of anilines is 1. The minimum absolute atomic E-state index is 0.276. The van der Waals surface area contributed by atoms with Crippen LogP contribution in [0.3, 0.4) is 0 Å². The van der Waals surface area contributed by atoms with Crippen molar-refractivity contribution < 1.29 is 5.11 Å². The topological polar surface area (TPSA) is 72.0 Å². The van der Waals surface area contributed by atoms with Gasteiger partial charge in [-0.25, -0.2) is 9.97 Å². The Morgan fingerprint density at radius 3 is 2.71 bits per heavy atom. The highest BCUT2D eigenvalue weighted by Gasteiger charge is 2.00. The molecule has 14 heavy (non-hydrogen) atoms. The van der Waals surface area contributed by atoms with E-state index >= 15 is 0 Å². The summed E-state index contributed by atoms with van der Waals surface area (Å²) in [7, 11) is 0. The lowest BCUT2D eigenvalue weighted by Crippen LogP contribution is -1.95. The van der Waals surface area contributed by atoms with E-state index in [-0.39, 0.29) is 6.61 Å². The average Bonchev–Trinajstić information content (AvgIpc) is 2.20. The van der Waals surface area contributed by atoms with Crippen LogP contribution >= 0.6 is 11.8 Å². The summed E-state index contributed by atoms with van der Waals surface area (Å²) in [5.41, 5.74) is 5.63. The van der Waals surface area contributed by atoms with Gasteiger partial charge >= 0.3 is 0 Å². The van der Waals surface area contributed by atoms with Gasteiger partial charge in [-0.05, 0) is 18.6 Å². The minimum Gasteiger partial charge on any atom is -0.396 e. The second kappa shape index (κ2) is 6.62. The molecule has 0 bridgehead atoms. The molecule has 78 valence electrons. The van der Waals surface area contributed by atoms with Gasteiger partial charge in [0.05, 0.1) is 0 Å². The quantitative estimate of drug-likeness (QED) is 0.550. The van der Waals surface area contributed by atoms with Gasteiger partial charge in [-0.15, -0.1) is 11.8 Å². The first kappa shape index (κ1) is 11.3. The Morgan fingerprint density at radius 2 is 2.00 bits per heavy atom. The molecule has 0 aliphatic carbocycles. The molecule has 0 amide bonds. The van der Waals surface area contributed by atoms with Crippen molar-refractivity contribution in [1.29, 1.82) is 0 Å². The number of hydrogen-bond acceptors (Lipinski definition) is 5. The number of nitrogen functional groups attached to an aromatic ring is 1. The summed E-state index contributed by atoms with van der Waals surface area (Å²) in [6, 6.07) is 0. The molecule has 0 fully saturated rings. The van der Waals surface area contributed by atoms with E-state index in [1.165, 1.54) is 0 Å². The summed E-state index contributed by atoms with van der Waals surface area (Å²) in [6.07, 6.45) is 6.22. The van der Waals surface area contributed by atoms with Gasteiger partial charge in [0.1, 0.15) is 5.03 Å². The third-order valence-electron chi connectivity index (χ3n) is 1.73. The number of unbranched alkanes of at least 4 members (excludes halogenated alkanes) is 2. The average molecular weight is 213 g/mol. The molecule has 0 spiro atoms. The van der Waals surface area contributed by atoms with Crippen molar-refractivity contribution in [3.63, 3.8) is 0 Å². The molecule has 4 nitrogen and oxygen atoms in total. The van der Waals surface area contributed by atoms with Crippen LogP contribution in [0.5, 0.6) is 0 Å². The largest absolute Gasteiger partial charge is 0.396 e. The van der Waals surface area contributed by atoms with Crippen molar-refractivity contribution in [2.45, 2.75) is 24.3 Å². The number of aromatic nitrogens is 2. The number of nitrogens with two attached hydrogens (primary N) is 1. The van der Waals surface area contributed by atoms with E-state index in [0.29, 0.717) is 5.82 Å². The SMILES string of the molecule is Nc1nccnc1SCCCCCO. The summed E-state index contributed by atoms with van der Waals surface area (Å²) in [4.78, 5) is 8.07. The Morgan fingerprint density at radius 1 is 1.21 bits per heavy atom. The fraction of sp³-hybridized carbons (Fsp3) is 0.556. The number of rotatable bonds is 6. The Balaban J connectivity index is 2.21. The van der Waals surface area contributed by atoms with Gasteiger partial charge in [0.2, 0.25) is 0 Å². The van der Waals surface area contributed by atoms with E-state index in [0.717, 1.165) is 30.0 Å². The normalized spacial score (nSPS) is 10.4. The second-order valence-corrected chi connectivity index (χ2v) is 3.96. The number of aliphatic hydroxyl groups excluding tert-OH is 1. The van der Waals surface area contributed by atoms with Crippen LogP contribution in [-0.4, -0.2) is 27.4 Å². The van der Waals surface area contributed by atoms with Crippen LogP contribution in [-0.2, 0) is 0 Å². The lowest BCUT2D eigenvalue weighted by atomic mass is 10.3. The van der Waals surface area contributed by atoms with E-state index in [2.05, 4.69) is 9.97 Å². The molecular formula is C9H15N3OS. The third kappa shape index (κ3) is 3.93. The van der Waals surface area contributed by atoms with Gasteiger partial charge in [-0.2, -0.15) is 0 Å². The molecule has 0 aliphatic rings. The molecule has 0 aromatic carbocycles. The number of nitrogens with zero attached hydrogens (tertiary/aromatic N) is 2. The van der Waals surface area contributed by atoms with Crippen LogP contribution in [0.2, 0.25) is 0 Å². The Hall–Kier alpha value is -0.810. The van der Waals surface area contributed by atoms with E-state index in [9.17, 15) is 0 Å². The van der Waals surface area contributed by atoms with Gasteiger partial charge in [0.25, 0.3) is 0 Å². The van der Waals surface area contributed by atoms with Crippen LogP contribution in [0.25, 0.3) is 0 Å². The maximum absolute atomic E-state index is 8.58. The summed E-state index contributed by atoms with van der Waals surface area (Å²) in [6.45, 7) is 0.276. The molecule has 5 heteroatoms. The number of hydrogen-bond donors (Lipinski definition) is 2. The van der Waals surface area contributed by atoms with Crippen molar-refractivity contribution in [2.75, 3.05) is 18.1 Å². The lowest BCUT2D eigenvalue weighted by molar-refractivity contribution is 0.284. The maximum atomic E-state index is 8.58. The molecule has 0 aliphatic heterocycles. The lowest BCUT2D eigenvalue weighted by Gasteiger charge is -2.02. The fourth-order valence-electron chi connectivity index (χ4n) is 1.01. The van der Waals surface area contributed by atoms with Crippen LogP contribution in [0.4, 0.5) is 5.82 Å². The van der Waals surface area contributed by atoms with Crippen LogP contribution < -0.4 is 5.73 Å². The third-order valence-corrected chi connectivity index (χ3v) is 2.81. The predicted molar refractivity (Wildman–Crippen MR) is 58.1 cm³/mol. The first-order chi connectivity index (χ1) is 6.84. The standard InChI is InChI=1S/C9H15N3OS/c10-8-9(12-5-4-11-8)14-7-3-1-2-6-13/h4-5,13H,1-3,6-7H2,(H2,10,11). The first-order valence-corrected chi connectivity index (χ1v) is 5.63. The molecular weight excluding hydrogens is 198 g/mol. The van der Waals surface area contributed by atoms with Crippen LogP contribution in [0, 0.1) is 0 Å². The molecule has 3 N–H and O–H groups in total. The minimum atomic E-state index is 0.276. The van der Waals surface area contributed by atoms with Crippen molar-refractivity contribution in [3.05, 3.63) is 12.4 Å². The molecule has 1 aromatic heterocycles. The smallest absolute Gasteiger partial charge is 0.156 e. The van der Waals surface area contributed by atoms with Gasteiger partial charge in [0.15, 0.2) is 5.82 Å². The molecule has 0 saturated carbocycles. The molecule has 1 heterocycles. The summed E-state index contributed by atoms with van der Waals surface area (Å²) < 4.78 is 0. The van der Waals surface area contributed by atoms with E-state index in [1.807, 2.05) is 0 Å². The first-order valence-electron chi connectivity index (χ1n) is 4.64. The zero-order valence-corrected chi connectivity index (χ0v) is 8.83. The van der Waals surface area contributed by atoms with Gasteiger partial charge in [0, 0.05) is 19.0 Å². The Labute approximate surface area is 88.0 Å². The monoisotopic (exact) mass is 213 g/mol. The molecule has 0 unspecified atom stereocenters. The molecule has 0 saturated heterocycles. The molecule has 1 aromatic rings. The van der Waals surface area contributed by atoms with Crippen molar-refractivity contribution in [3.8, 4) is 0 Å². The Kier molecular flexibility index (Phi) is 5.32. The fourth-order valence-corrected chi connectivity index (χ4v) is 1.88. The van der Waals surface area contributed by atoms with E-state index < -0.39 is 0 Å². The van der Waals surface area contributed by atoms with Gasteiger partial charge < -0.3 is 10.8 Å². The zero-order chi connectivity index (χ0) is 10.2. The van der Waals surface area contributed by atoms with E-state index in [1.54, 1.807) is 24.2 Å². The number of aliphatic hydroxyl groups is 1. The predicted octanol–water partition coefficient (Wildman–Crippen LogP) is 1.31. The summed E-state index contributed by atoms with van der Waals surface area (Å²) in [5.74, 6) is 1.47. The maximum Gasteiger partial charge on any atom is 0.156 e.